The van der Waals surface area contributed by atoms with Crippen molar-refractivity contribution in [3.63, 3.8) is 0 Å². The fraction of sp³-hybridized carbons (Fsp3) is 0.650. The number of carbonyl (C=O) groups excluding carboxylic acids is 1. The van der Waals surface area contributed by atoms with Gasteiger partial charge in [-0.15, -0.1) is 0 Å². The molecule has 26 heavy (non-hydrogen) atoms. The summed E-state index contributed by atoms with van der Waals surface area (Å²) in [6.07, 6.45) is 1.48. The monoisotopic (exact) mass is 363 g/mol. The van der Waals surface area contributed by atoms with Crippen LogP contribution in [0.3, 0.4) is 0 Å². The molecule has 1 heterocycles. The average Bonchev–Trinajstić information content (AvgIpc) is 2.70. The summed E-state index contributed by atoms with van der Waals surface area (Å²) >= 11 is 0. The molecule has 0 bridgehead atoms. The van der Waals surface area contributed by atoms with E-state index < -0.39 is 5.41 Å². The van der Waals surface area contributed by atoms with Crippen molar-refractivity contribution >= 4 is 5.91 Å². The second-order valence-corrected chi connectivity index (χ2v) is 6.78. The van der Waals surface area contributed by atoms with Crippen molar-refractivity contribution in [2.75, 3.05) is 46.0 Å². The fourth-order valence-electron chi connectivity index (χ4n) is 3.22. The van der Waals surface area contributed by atoms with Gasteiger partial charge in [-0.05, 0) is 18.9 Å². The molecule has 1 fully saturated rings. The Morgan fingerprint density at radius 1 is 1.27 bits per heavy atom. The van der Waals surface area contributed by atoms with Crippen LogP contribution in [0.25, 0.3) is 0 Å². The van der Waals surface area contributed by atoms with Crippen LogP contribution in [0.4, 0.5) is 0 Å². The molecule has 1 aromatic rings. The van der Waals surface area contributed by atoms with E-state index in [1.807, 2.05) is 38.1 Å². The third-order valence-electron chi connectivity index (χ3n) is 5.41. The van der Waals surface area contributed by atoms with Crippen LogP contribution in [0, 0.1) is 5.41 Å². The largest absolute Gasteiger partial charge is 0.492 e. The van der Waals surface area contributed by atoms with Gasteiger partial charge in [-0.25, -0.2) is 0 Å². The zero-order valence-corrected chi connectivity index (χ0v) is 16.1. The van der Waals surface area contributed by atoms with Gasteiger partial charge in [0.1, 0.15) is 12.4 Å². The highest BCUT2D eigenvalue weighted by Crippen LogP contribution is 2.25. The van der Waals surface area contributed by atoms with Crippen LogP contribution in [0.1, 0.15) is 32.3 Å². The first kappa shape index (κ1) is 20.7. The third-order valence-corrected chi connectivity index (χ3v) is 5.41. The maximum atomic E-state index is 12.6. The zero-order valence-electron chi connectivity index (χ0n) is 16.1. The van der Waals surface area contributed by atoms with Crippen molar-refractivity contribution in [2.24, 2.45) is 11.1 Å². The van der Waals surface area contributed by atoms with Crippen molar-refractivity contribution in [1.29, 1.82) is 0 Å². The molecule has 146 valence electrons. The van der Waals surface area contributed by atoms with Crippen LogP contribution in [0.5, 0.6) is 5.75 Å². The normalized spacial score (nSPS) is 15.7. The van der Waals surface area contributed by atoms with E-state index in [0.717, 1.165) is 57.0 Å². The summed E-state index contributed by atoms with van der Waals surface area (Å²) in [5, 5.41) is 3.05. The second-order valence-electron chi connectivity index (χ2n) is 6.78. The van der Waals surface area contributed by atoms with Crippen molar-refractivity contribution in [3.8, 4) is 5.75 Å². The Morgan fingerprint density at radius 2 is 1.96 bits per heavy atom. The van der Waals surface area contributed by atoms with E-state index in [1.54, 1.807) is 0 Å². The quantitative estimate of drug-likeness (QED) is 0.663. The molecule has 6 heteroatoms. The molecule has 1 amide bonds. The van der Waals surface area contributed by atoms with E-state index in [9.17, 15) is 4.79 Å². The standard InChI is InChI=1S/C20H33N3O3/c1-3-20(4-2,16-21)19(24)22-15-17-7-5-6-8-18(17)26-14-11-23-9-12-25-13-10-23/h5-8H,3-4,9-16,21H2,1-2H3,(H,22,24). The zero-order chi connectivity index (χ0) is 18.8. The highest BCUT2D eigenvalue weighted by molar-refractivity contribution is 5.82. The van der Waals surface area contributed by atoms with E-state index >= 15 is 0 Å². The van der Waals surface area contributed by atoms with Gasteiger partial charge in [0, 0.05) is 38.3 Å². The highest BCUT2D eigenvalue weighted by Gasteiger charge is 2.33. The number of hydrogen-bond acceptors (Lipinski definition) is 5. The van der Waals surface area contributed by atoms with Crippen molar-refractivity contribution in [3.05, 3.63) is 29.8 Å². The summed E-state index contributed by atoms with van der Waals surface area (Å²) in [6, 6.07) is 7.87. The van der Waals surface area contributed by atoms with Crippen molar-refractivity contribution < 1.29 is 14.3 Å². The average molecular weight is 364 g/mol. The summed E-state index contributed by atoms with van der Waals surface area (Å²) in [6.45, 7) is 9.84. The molecule has 0 saturated carbocycles. The molecule has 0 aliphatic carbocycles. The Bertz CT molecular complexity index is 547. The summed E-state index contributed by atoms with van der Waals surface area (Å²) in [5.74, 6) is 0.848. The SMILES string of the molecule is CCC(CC)(CN)C(=O)NCc1ccccc1OCCN1CCOCC1. The van der Waals surface area contributed by atoms with Gasteiger partial charge < -0.3 is 20.5 Å². The van der Waals surface area contributed by atoms with Crippen LogP contribution in [0.15, 0.2) is 24.3 Å². The molecule has 3 N–H and O–H groups in total. The lowest BCUT2D eigenvalue weighted by atomic mass is 9.81. The van der Waals surface area contributed by atoms with Crippen LogP contribution in [-0.4, -0.2) is 56.8 Å². The van der Waals surface area contributed by atoms with Crippen LogP contribution >= 0.6 is 0 Å². The molecule has 1 aliphatic rings. The number of rotatable bonds is 10. The maximum absolute atomic E-state index is 12.6. The van der Waals surface area contributed by atoms with Gasteiger partial charge in [0.2, 0.25) is 5.91 Å². The molecular weight excluding hydrogens is 330 g/mol. The number of nitrogens with one attached hydrogen (secondary N) is 1. The smallest absolute Gasteiger partial charge is 0.227 e. The predicted molar refractivity (Wildman–Crippen MR) is 103 cm³/mol. The molecule has 0 radical (unpaired) electrons. The van der Waals surface area contributed by atoms with Gasteiger partial charge >= 0.3 is 0 Å². The van der Waals surface area contributed by atoms with Gasteiger partial charge in [0.15, 0.2) is 0 Å². The number of ether oxygens (including phenoxy) is 2. The lowest BCUT2D eigenvalue weighted by Crippen LogP contribution is -2.45. The lowest BCUT2D eigenvalue weighted by Gasteiger charge is -2.28. The highest BCUT2D eigenvalue weighted by atomic mass is 16.5. The minimum absolute atomic E-state index is 0.0214. The Balaban J connectivity index is 1.88. The van der Waals surface area contributed by atoms with Gasteiger partial charge in [-0.1, -0.05) is 32.0 Å². The first-order valence-corrected chi connectivity index (χ1v) is 9.64. The summed E-state index contributed by atoms with van der Waals surface area (Å²) in [7, 11) is 0. The number of morpholine rings is 1. The number of para-hydroxylation sites is 1. The predicted octanol–water partition coefficient (Wildman–Crippen LogP) is 1.78. The van der Waals surface area contributed by atoms with Gasteiger partial charge in [0.25, 0.3) is 0 Å². The molecule has 1 aliphatic heterocycles. The molecule has 0 aromatic heterocycles. The van der Waals surface area contributed by atoms with Gasteiger partial charge in [-0.2, -0.15) is 0 Å². The molecule has 1 aromatic carbocycles. The topological polar surface area (TPSA) is 76.8 Å². The molecule has 2 rings (SSSR count). The minimum atomic E-state index is -0.480. The summed E-state index contributed by atoms with van der Waals surface area (Å²) < 4.78 is 11.3. The Labute approximate surface area is 157 Å². The Hall–Kier alpha value is -1.63. The summed E-state index contributed by atoms with van der Waals surface area (Å²) in [5.41, 5.74) is 6.37. The van der Waals surface area contributed by atoms with Crippen LogP contribution in [-0.2, 0) is 16.1 Å². The molecule has 6 nitrogen and oxygen atoms in total. The minimum Gasteiger partial charge on any atom is -0.492 e. The van der Waals surface area contributed by atoms with Crippen molar-refractivity contribution in [1.82, 2.24) is 10.2 Å². The molecule has 0 atom stereocenters. The van der Waals surface area contributed by atoms with E-state index in [-0.39, 0.29) is 5.91 Å². The second kappa shape index (κ2) is 10.5. The number of nitrogens with two attached hydrogens (primary N) is 1. The molecule has 0 unspecified atom stereocenters. The summed E-state index contributed by atoms with van der Waals surface area (Å²) in [4.78, 5) is 15.0. The Morgan fingerprint density at radius 3 is 2.62 bits per heavy atom. The first-order chi connectivity index (χ1) is 12.6. The molecule has 1 saturated heterocycles. The van der Waals surface area contributed by atoms with E-state index in [1.165, 1.54) is 0 Å². The van der Waals surface area contributed by atoms with Gasteiger partial charge in [0.05, 0.1) is 18.6 Å². The molecular formula is C20H33N3O3. The number of carbonyl (C=O) groups is 1. The Kier molecular flexibility index (Phi) is 8.35. The molecule has 0 spiro atoms. The van der Waals surface area contributed by atoms with E-state index in [4.69, 9.17) is 15.2 Å². The number of amides is 1. The fourth-order valence-corrected chi connectivity index (χ4v) is 3.22. The van der Waals surface area contributed by atoms with Crippen molar-refractivity contribution in [2.45, 2.75) is 33.2 Å². The van der Waals surface area contributed by atoms with Gasteiger partial charge in [-0.3, -0.25) is 9.69 Å². The van der Waals surface area contributed by atoms with Crippen LogP contribution < -0.4 is 15.8 Å². The maximum Gasteiger partial charge on any atom is 0.227 e. The van der Waals surface area contributed by atoms with E-state index in [2.05, 4.69) is 10.2 Å². The number of nitrogens with zero attached hydrogens (tertiary/aromatic N) is 1. The van der Waals surface area contributed by atoms with Crippen LogP contribution in [0.2, 0.25) is 0 Å². The third kappa shape index (κ3) is 5.43. The van der Waals surface area contributed by atoms with E-state index in [0.29, 0.717) is 19.7 Å². The number of hydrogen-bond donors (Lipinski definition) is 2. The number of benzene rings is 1. The lowest BCUT2D eigenvalue weighted by molar-refractivity contribution is -0.131. The first-order valence-electron chi connectivity index (χ1n) is 9.64.